The van der Waals surface area contributed by atoms with Crippen molar-refractivity contribution in [3.63, 3.8) is 0 Å². The van der Waals surface area contributed by atoms with Crippen molar-refractivity contribution in [2.75, 3.05) is 14.2 Å². The van der Waals surface area contributed by atoms with Gasteiger partial charge in [-0.2, -0.15) is 0 Å². The Balaban J connectivity index is 2.21. The molecule has 1 aliphatic rings. The lowest BCUT2D eigenvalue weighted by molar-refractivity contribution is -0.103. The fourth-order valence-electron chi connectivity index (χ4n) is 3.49. The van der Waals surface area contributed by atoms with Crippen LogP contribution in [0.1, 0.15) is 40.9 Å². The van der Waals surface area contributed by atoms with Crippen molar-refractivity contribution < 1.29 is 19.5 Å². The van der Waals surface area contributed by atoms with Crippen LogP contribution in [-0.2, 0) is 11.2 Å². The molecule has 0 unspecified atom stereocenters. The number of hydroxylamine groups is 2. The molecule has 6 nitrogen and oxygen atoms in total. The first-order valence-corrected chi connectivity index (χ1v) is 8.98. The highest BCUT2D eigenvalue weighted by Crippen LogP contribution is 2.36. The van der Waals surface area contributed by atoms with Gasteiger partial charge >= 0.3 is 0 Å². The topological polar surface area (TPSA) is 78.9 Å². The van der Waals surface area contributed by atoms with Crippen molar-refractivity contribution in [2.24, 2.45) is 0 Å². The molecule has 1 aliphatic heterocycles. The molecule has 0 radical (unpaired) electrons. The Morgan fingerprint density at radius 1 is 1.21 bits per heavy atom. The number of allylic oxidation sites excluding steroid dienone is 1. The second kappa shape index (κ2) is 7.48. The SMILES string of the molecule is COc1ccc2c(c1)/C(=C(/C=O)c1cccc(C(=O)N(C)O)c1)NC(C)(C)C2. The lowest BCUT2D eigenvalue weighted by atomic mass is 9.83. The van der Waals surface area contributed by atoms with Crippen molar-refractivity contribution in [3.8, 4) is 5.75 Å². The molecule has 2 N–H and O–H groups in total. The van der Waals surface area contributed by atoms with E-state index in [2.05, 4.69) is 19.2 Å². The van der Waals surface area contributed by atoms with Gasteiger partial charge < -0.3 is 10.1 Å². The van der Waals surface area contributed by atoms with Gasteiger partial charge in [0.05, 0.1) is 12.8 Å². The minimum Gasteiger partial charge on any atom is -0.497 e. The molecule has 0 aromatic heterocycles. The number of nitrogens with zero attached hydrogens (tertiary/aromatic N) is 1. The van der Waals surface area contributed by atoms with Crippen molar-refractivity contribution in [2.45, 2.75) is 25.8 Å². The van der Waals surface area contributed by atoms with E-state index in [4.69, 9.17) is 4.74 Å². The zero-order valence-corrected chi connectivity index (χ0v) is 16.4. The van der Waals surface area contributed by atoms with Crippen LogP contribution in [0, 0.1) is 0 Å². The van der Waals surface area contributed by atoms with E-state index < -0.39 is 5.91 Å². The highest BCUT2D eigenvalue weighted by molar-refractivity contribution is 6.17. The minimum absolute atomic E-state index is 0.246. The van der Waals surface area contributed by atoms with E-state index in [9.17, 15) is 14.8 Å². The number of aldehydes is 1. The zero-order valence-electron chi connectivity index (χ0n) is 16.4. The van der Waals surface area contributed by atoms with Gasteiger partial charge in [-0.1, -0.05) is 18.2 Å². The van der Waals surface area contributed by atoms with E-state index in [1.165, 1.54) is 7.05 Å². The maximum absolute atomic E-state index is 12.1. The van der Waals surface area contributed by atoms with Gasteiger partial charge in [0, 0.05) is 29.3 Å². The first-order valence-electron chi connectivity index (χ1n) is 8.98. The Bertz CT molecular complexity index is 961. The summed E-state index contributed by atoms with van der Waals surface area (Å²) in [6, 6.07) is 12.5. The Morgan fingerprint density at radius 2 is 1.93 bits per heavy atom. The molecule has 0 saturated heterocycles. The molecule has 2 aromatic carbocycles. The number of carbonyl (C=O) groups excluding carboxylic acids is 2. The highest BCUT2D eigenvalue weighted by Gasteiger charge is 2.30. The van der Waals surface area contributed by atoms with Crippen molar-refractivity contribution in [1.82, 2.24) is 10.4 Å². The average molecular weight is 380 g/mol. The summed E-state index contributed by atoms with van der Waals surface area (Å²) < 4.78 is 5.36. The largest absolute Gasteiger partial charge is 0.497 e. The van der Waals surface area contributed by atoms with Crippen LogP contribution in [0.15, 0.2) is 42.5 Å². The minimum atomic E-state index is -0.545. The van der Waals surface area contributed by atoms with E-state index in [1.807, 2.05) is 18.2 Å². The number of ether oxygens (including phenoxy) is 1. The molecule has 3 rings (SSSR count). The average Bonchev–Trinajstić information content (AvgIpc) is 2.67. The van der Waals surface area contributed by atoms with Gasteiger partial charge in [-0.15, -0.1) is 0 Å². The van der Waals surface area contributed by atoms with Gasteiger partial charge in [0.2, 0.25) is 0 Å². The van der Waals surface area contributed by atoms with Crippen molar-refractivity contribution in [1.29, 1.82) is 0 Å². The second-order valence-corrected chi connectivity index (χ2v) is 7.52. The molecular formula is C22H24N2O4. The number of fused-ring (bicyclic) bond motifs is 1. The number of nitrogens with one attached hydrogen (secondary N) is 1. The number of benzene rings is 2. The lowest BCUT2D eigenvalue weighted by Gasteiger charge is -2.36. The Morgan fingerprint density at radius 3 is 2.57 bits per heavy atom. The number of carbonyl (C=O) groups is 2. The van der Waals surface area contributed by atoms with Gasteiger partial charge in [-0.3, -0.25) is 14.8 Å². The third-order valence-corrected chi connectivity index (χ3v) is 4.78. The highest BCUT2D eigenvalue weighted by atomic mass is 16.5. The molecule has 0 saturated carbocycles. The Hall–Kier alpha value is -3.12. The Labute approximate surface area is 164 Å². The van der Waals surface area contributed by atoms with Crippen molar-refractivity contribution in [3.05, 3.63) is 64.7 Å². The molecule has 28 heavy (non-hydrogen) atoms. The van der Waals surface area contributed by atoms with Gasteiger partial charge in [-0.05, 0) is 55.7 Å². The van der Waals surface area contributed by atoms with Gasteiger partial charge in [0.25, 0.3) is 5.91 Å². The number of hydrogen-bond acceptors (Lipinski definition) is 5. The van der Waals surface area contributed by atoms with Crippen LogP contribution in [0.4, 0.5) is 0 Å². The summed E-state index contributed by atoms with van der Waals surface area (Å²) in [6.07, 6.45) is 1.59. The third-order valence-electron chi connectivity index (χ3n) is 4.78. The van der Waals surface area contributed by atoms with Gasteiger partial charge in [-0.25, -0.2) is 5.06 Å². The van der Waals surface area contributed by atoms with Gasteiger partial charge in [0.15, 0.2) is 6.29 Å². The first kappa shape index (κ1) is 19.6. The molecule has 2 aromatic rings. The molecule has 0 fully saturated rings. The van der Waals surface area contributed by atoms with Crippen LogP contribution in [0.25, 0.3) is 11.3 Å². The summed E-state index contributed by atoms with van der Waals surface area (Å²) in [5, 5.41) is 13.4. The maximum atomic E-state index is 12.1. The smallest absolute Gasteiger partial charge is 0.276 e. The van der Waals surface area contributed by atoms with Crippen LogP contribution in [-0.4, -0.2) is 42.2 Å². The van der Waals surface area contributed by atoms with E-state index in [0.29, 0.717) is 33.2 Å². The van der Waals surface area contributed by atoms with Gasteiger partial charge in [0.1, 0.15) is 5.75 Å². The quantitative estimate of drug-likeness (QED) is 0.369. The van der Waals surface area contributed by atoms with E-state index in [-0.39, 0.29) is 5.54 Å². The van der Waals surface area contributed by atoms with E-state index >= 15 is 0 Å². The number of amides is 1. The second-order valence-electron chi connectivity index (χ2n) is 7.52. The molecule has 146 valence electrons. The van der Waals surface area contributed by atoms with Crippen LogP contribution < -0.4 is 10.1 Å². The molecule has 0 spiro atoms. The normalized spacial score (nSPS) is 16.5. The third kappa shape index (κ3) is 3.77. The summed E-state index contributed by atoms with van der Waals surface area (Å²) in [4.78, 5) is 24.2. The van der Waals surface area contributed by atoms with Crippen LogP contribution in [0.3, 0.4) is 0 Å². The molecule has 0 aliphatic carbocycles. The summed E-state index contributed by atoms with van der Waals surface area (Å²) in [6.45, 7) is 4.15. The van der Waals surface area contributed by atoms with Crippen LogP contribution >= 0.6 is 0 Å². The zero-order chi connectivity index (χ0) is 20.5. The molecule has 0 bridgehead atoms. The predicted octanol–water partition coefficient (Wildman–Crippen LogP) is 3.15. The van der Waals surface area contributed by atoms with E-state index in [1.54, 1.807) is 31.4 Å². The number of hydrogen-bond donors (Lipinski definition) is 2. The standard InChI is InChI=1S/C22H24N2O4/c1-22(2)12-16-8-9-17(28-4)11-18(16)20(23-22)19(13-25)14-6-5-7-15(10-14)21(26)24(3)27/h5-11,13,23,27H,12H2,1-4H3/b20-19+. The van der Waals surface area contributed by atoms with Crippen LogP contribution in [0.2, 0.25) is 0 Å². The first-order chi connectivity index (χ1) is 13.3. The summed E-state index contributed by atoms with van der Waals surface area (Å²) >= 11 is 0. The molecular weight excluding hydrogens is 356 g/mol. The fraction of sp³-hybridized carbons (Fsp3) is 0.273. The summed E-state index contributed by atoms with van der Waals surface area (Å²) in [5.41, 5.74) is 3.79. The van der Waals surface area contributed by atoms with Crippen molar-refractivity contribution >= 4 is 23.5 Å². The fourth-order valence-corrected chi connectivity index (χ4v) is 3.49. The summed E-state index contributed by atoms with van der Waals surface area (Å²) in [5.74, 6) is 0.157. The molecule has 0 atom stereocenters. The monoisotopic (exact) mass is 380 g/mol. The summed E-state index contributed by atoms with van der Waals surface area (Å²) in [7, 11) is 2.87. The lowest BCUT2D eigenvalue weighted by Crippen LogP contribution is -2.44. The van der Waals surface area contributed by atoms with Crippen LogP contribution in [0.5, 0.6) is 5.75 Å². The molecule has 1 amide bonds. The maximum Gasteiger partial charge on any atom is 0.276 e. The molecule has 1 heterocycles. The number of rotatable bonds is 4. The number of methoxy groups -OCH3 is 1. The Kier molecular flexibility index (Phi) is 5.25. The van der Waals surface area contributed by atoms with E-state index in [0.717, 1.165) is 23.8 Å². The molecule has 6 heteroatoms. The predicted molar refractivity (Wildman–Crippen MR) is 107 cm³/mol.